The quantitative estimate of drug-likeness (QED) is 0.928. The zero-order valence-corrected chi connectivity index (χ0v) is 15.0. The summed E-state index contributed by atoms with van der Waals surface area (Å²) >= 11 is 0. The molecule has 0 unspecified atom stereocenters. The molecule has 1 amide bonds. The van der Waals surface area contributed by atoms with Crippen molar-refractivity contribution in [1.29, 1.82) is 0 Å². The first kappa shape index (κ1) is 16.9. The van der Waals surface area contributed by atoms with Gasteiger partial charge in [0, 0.05) is 11.1 Å². The molecular formula is C20H27N3O. The molecule has 4 heteroatoms. The Labute approximate surface area is 144 Å². The number of rotatable bonds is 3. The molecule has 0 aliphatic carbocycles. The summed E-state index contributed by atoms with van der Waals surface area (Å²) in [6.45, 7) is 8.67. The molecule has 24 heavy (non-hydrogen) atoms. The van der Waals surface area contributed by atoms with Gasteiger partial charge in [-0.05, 0) is 64.4 Å². The predicted octanol–water partition coefficient (Wildman–Crippen LogP) is 3.97. The van der Waals surface area contributed by atoms with Crippen LogP contribution in [0.4, 0.5) is 5.69 Å². The second-order valence-corrected chi connectivity index (χ2v) is 7.03. The van der Waals surface area contributed by atoms with E-state index in [1.165, 1.54) is 31.2 Å². The molecule has 1 aromatic heterocycles. The Bertz CT molecular complexity index is 746. The van der Waals surface area contributed by atoms with E-state index in [1.54, 1.807) is 0 Å². The Hall–Kier alpha value is -1.94. The van der Waals surface area contributed by atoms with Gasteiger partial charge in [0.05, 0.1) is 17.7 Å². The Morgan fingerprint density at radius 1 is 1.08 bits per heavy atom. The standard InChI is InChI=1S/C20H27N3O/c1-14-10-15(2)20-17(11-14)18(12-16(3)21-20)22-19(24)13-23-8-6-4-5-7-9-23/h10-12H,4-9,13H2,1-3H3,(H,21,22,24). The fraction of sp³-hybridized carbons (Fsp3) is 0.500. The number of carbonyl (C=O) groups excluding carboxylic acids is 1. The molecule has 0 atom stereocenters. The number of pyridine rings is 1. The normalized spacial score (nSPS) is 16.1. The average Bonchev–Trinajstić information content (AvgIpc) is 2.77. The molecule has 1 saturated heterocycles. The molecule has 0 spiro atoms. The minimum Gasteiger partial charge on any atom is -0.324 e. The van der Waals surface area contributed by atoms with Crippen LogP contribution in [-0.4, -0.2) is 35.4 Å². The van der Waals surface area contributed by atoms with Crippen LogP contribution in [0.15, 0.2) is 18.2 Å². The largest absolute Gasteiger partial charge is 0.324 e. The lowest BCUT2D eigenvalue weighted by molar-refractivity contribution is -0.117. The molecule has 2 heterocycles. The highest BCUT2D eigenvalue weighted by Crippen LogP contribution is 2.27. The molecular weight excluding hydrogens is 298 g/mol. The van der Waals surface area contributed by atoms with Gasteiger partial charge in [-0.3, -0.25) is 14.7 Å². The number of likely N-dealkylation sites (tertiary alicyclic amines) is 1. The second kappa shape index (κ2) is 7.31. The van der Waals surface area contributed by atoms with Crippen LogP contribution in [0, 0.1) is 20.8 Å². The first-order valence-electron chi connectivity index (χ1n) is 8.94. The van der Waals surface area contributed by atoms with Gasteiger partial charge in [-0.2, -0.15) is 0 Å². The minimum absolute atomic E-state index is 0.0722. The third-order valence-electron chi connectivity index (χ3n) is 4.72. The van der Waals surface area contributed by atoms with Crippen LogP contribution in [0.3, 0.4) is 0 Å². The van der Waals surface area contributed by atoms with Crippen molar-refractivity contribution in [2.24, 2.45) is 0 Å². The van der Waals surface area contributed by atoms with E-state index in [0.29, 0.717) is 6.54 Å². The Kier molecular flexibility index (Phi) is 5.14. The molecule has 1 aliphatic heterocycles. The number of carbonyl (C=O) groups is 1. The van der Waals surface area contributed by atoms with Gasteiger partial charge in [-0.25, -0.2) is 0 Å². The van der Waals surface area contributed by atoms with Gasteiger partial charge in [-0.1, -0.05) is 24.5 Å². The molecule has 0 bridgehead atoms. The Morgan fingerprint density at radius 3 is 2.50 bits per heavy atom. The number of nitrogens with one attached hydrogen (secondary N) is 1. The lowest BCUT2D eigenvalue weighted by Crippen LogP contribution is -2.34. The van der Waals surface area contributed by atoms with Gasteiger partial charge in [0.1, 0.15) is 0 Å². The first-order chi connectivity index (χ1) is 11.5. The summed E-state index contributed by atoms with van der Waals surface area (Å²) in [7, 11) is 0. The van der Waals surface area contributed by atoms with Crippen LogP contribution in [-0.2, 0) is 4.79 Å². The van der Waals surface area contributed by atoms with E-state index < -0.39 is 0 Å². The third kappa shape index (κ3) is 3.93. The van der Waals surface area contributed by atoms with Crippen LogP contribution >= 0.6 is 0 Å². The van der Waals surface area contributed by atoms with E-state index in [4.69, 9.17) is 0 Å². The summed E-state index contributed by atoms with van der Waals surface area (Å²) in [5.74, 6) is 0.0722. The van der Waals surface area contributed by atoms with Crippen LogP contribution in [0.1, 0.15) is 42.5 Å². The van der Waals surface area contributed by atoms with E-state index in [2.05, 4.69) is 41.2 Å². The van der Waals surface area contributed by atoms with Gasteiger partial charge < -0.3 is 5.32 Å². The summed E-state index contributed by atoms with van der Waals surface area (Å²) in [5.41, 5.74) is 5.12. The second-order valence-electron chi connectivity index (χ2n) is 7.03. The van der Waals surface area contributed by atoms with Crippen molar-refractivity contribution in [2.45, 2.75) is 46.5 Å². The van der Waals surface area contributed by atoms with Crippen molar-refractivity contribution >= 4 is 22.5 Å². The Morgan fingerprint density at radius 2 is 1.79 bits per heavy atom. The molecule has 1 aliphatic rings. The summed E-state index contributed by atoms with van der Waals surface area (Å²) < 4.78 is 0. The fourth-order valence-electron chi connectivity index (χ4n) is 3.60. The molecule has 2 aromatic rings. The molecule has 128 valence electrons. The van der Waals surface area contributed by atoms with Gasteiger partial charge in [0.2, 0.25) is 5.91 Å². The molecule has 4 nitrogen and oxygen atoms in total. The van der Waals surface area contributed by atoms with E-state index in [0.717, 1.165) is 40.9 Å². The molecule has 0 radical (unpaired) electrons. The van der Waals surface area contributed by atoms with Crippen molar-refractivity contribution in [3.8, 4) is 0 Å². The van der Waals surface area contributed by atoms with Gasteiger partial charge in [0.25, 0.3) is 0 Å². The van der Waals surface area contributed by atoms with E-state index >= 15 is 0 Å². The topological polar surface area (TPSA) is 45.2 Å². The maximum atomic E-state index is 12.5. The lowest BCUT2D eigenvalue weighted by atomic mass is 10.0. The number of aromatic nitrogens is 1. The van der Waals surface area contributed by atoms with Crippen molar-refractivity contribution in [3.05, 3.63) is 35.0 Å². The van der Waals surface area contributed by atoms with Crippen molar-refractivity contribution in [3.63, 3.8) is 0 Å². The number of benzene rings is 1. The molecule has 0 saturated carbocycles. The first-order valence-corrected chi connectivity index (χ1v) is 8.94. The summed E-state index contributed by atoms with van der Waals surface area (Å²) in [4.78, 5) is 19.5. The number of fused-ring (bicyclic) bond motifs is 1. The number of amides is 1. The smallest absolute Gasteiger partial charge is 0.238 e. The van der Waals surface area contributed by atoms with Gasteiger partial charge >= 0.3 is 0 Å². The van der Waals surface area contributed by atoms with Gasteiger partial charge in [0.15, 0.2) is 0 Å². The van der Waals surface area contributed by atoms with Crippen molar-refractivity contribution < 1.29 is 4.79 Å². The highest BCUT2D eigenvalue weighted by Gasteiger charge is 2.15. The van der Waals surface area contributed by atoms with E-state index in [1.807, 2.05) is 13.0 Å². The fourth-order valence-corrected chi connectivity index (χ4v) is 3.60. The zero-order chi connectivity index (χ0) is 17.1. The number of aryl methyl sites for hydroxylation is 3. The zero-order valence-electron chi connectivity index (χ0n) is 15.0. The molecule has 3 rings (SSSR count). The number of nitrogens with zero attached hydrogens (tertiary/aromatic N) is 2. The number of hydrogen-bond acceptors (Lipinski definition) is 3. The third-order valence-corrected chi connectivity index (χ3v) is 4.72. The summed E-state index contributed by atoms with van der Waals surface area (Å²) in [5, 5.41) is 4.16. The summed E-state index contributed by atoms with van der Waals surface area (Å²) in [6, 6.07) is 6.22. The highest BCUT2D eigenvalue weighted by molar-refractivity contribution is 6.02. The number of anilines is 1. The predicted molar refractivity (Wildman–Crippen MR) is 99.5 cm³/mol. The van der Waals surface area contributed by atoms with Crippen molar-refractivity contribution in [2.75, 3.05) is 25.0 Å². The van der Waals surface area contributed by atoms with E-state index in [9.17, 15) is 4.79 Å². The highest BCUT2D eigenvalue weighted by atomic mass is 16.2. The van der Waals surface area contributed by atoms with Gasteiger partial charge in [-0.15, -0.1) is 0 Å². The van der Waals surface area contributed by atoms with Crippen LogP contribution < -0.4 is 5.32 Å². The minimum atomic E-state index is 0.0722. The summed E-state index contributed by atoms with van der Waals surface area (Å²) in [6.07, 6.45) is 4.96. The van der Waals surface area contributed by atoms with Crippen LogP contribution in [0.25, 0.3) is 10.9 Å². The molecule has 1 aromatic carbocycles. The molecule has 1 fully saturated rings. The van der Waals surface area contributed by atoms with Crippen molar-refractivity contribution in [1.82, 2.24) is 9.88 Å². The van der Waals surface area contributed by atoms with E-state index in [-0.39, 0.29) is 5.91 Å². The van der Waals surface area contributed by atoms with Crippen LogP contribution in [0.2, 0.25) is 0 Å². The van der Waals surface area contributed by atoms with Crippen LogP contribution in [0.5, 0.6) is 0 Å². The Balaban J connectivity index is 1.82. The monoisotopic (exact) mass is 325 g/mol. The maximum absolute atomic E-state index is 12.5. The SMILES string of the molecule is Cc1cc(C)c2nc(C)cc(NC(=O)CN3CCCCCC3)c2c1. The lowest BCUT2D eigenvalue weighted by Gasteiger charge is -2.19. The maximum Gasteiger partial charge on any atom is 0.238 e. The molecule has 1 N–H and O–H groups in total. The average molecular weight is 325 g/mol. The number of hydrogen-bond donors (Lipinski definition) is 1.